The van der Waals surface area contributed by atoms with Crippen molar-refractivity contribution in [2.24, 2.45) is 5.73 Å². The van der Waals surface area contributed by atoms with Crippen LogP contribution in [0.2, 0.25) is 0 Å². The van der Waals surface area contributed by atoms with E-state index in [0.29, 0.717) is 18.1 Å². The van der Waals surface area contributed by atoms with Crippen molar-refractivity contribution in [3.63, 3.8) is 0 Å². The molecule has 6 heteroatoms. The van der Waals surface area contributed by atoms with E-state index in [1.807, 2.05) is 6.92 Å². The van der Waals surface area contributed by atoms with Crippen LogP contribution >= 0.6 is 0 Å². The van der Waals surface area contributed by atoms with E-state index in [-0.39, 0.29) is 5.75 Å². The van der Waals surface area contributed by atoms with E-state index in [2.05, 4.69) is 0 Å². The standard InChI is InChI=1S/C11H17NO4S/c1-3-16-11-6-8(4-5-10(11)15-2)9(12)7-17(13)14/h4-6,9H,3,7,12H2,1-2H3,(H,13,14)/t9-/m1/s1/i7+1. The summed E-state index contributed by atoms with van der Waals surface area (Å²) in [4.78, 5) is 0. The molecule has 1 unspecified atom stereocenters. The summed E-state index contributed by atoms with van der Waals surface area (Å²) >= 11 is -1.91. The Kier molecular flexibility index (Phi) is 5.40. The first-order valence-corrected chi connectivity index (χ1v) is 6.49. The zero-order valence-corrected chi connectivity index (χ0v) is 10.7. The molecule has 0 radical (unpaired) electrons. The van der Waals surface area contributed by atoms with Crippen LogP contribution in [-0.4, -0.2) is 28.2 Å². The Balaban J connectivity index is 2.94. The van der Waals surface area contributed by atoms with E-state index in [4.69, 9.17) is 19.8 Å². The first-order valence-electron chi connectivity index (χ1n) is 5.22. The number of ether oxygens (including phenoxy) is 2. The molecule has 0 bridgehead atoms. The van der Waals surface area contributed by atoms with E-state index < -0.39 is 17.1 Å². The van der Waals surface area contributed by atoms with Crippen molar-refractivity contribution < 1.29 is 18.2 Å². The lowest BCUT2D eigenvalue weighted by Crippen LogP contribution is -2.18. The summed E-state index contributed by atoms with van der Waals surface area (Å²) in [7, 11) is 1.56. The van der Waals surface area contributed by atoms with Gasteiger partial charge >= 0.3 is 0 Å². The number of hydrogen-bond donors (Lipinski definition) is 2. The second kappa shape index (κ2) is 6.58. The highest BCUT2D eigenvalue weighted by Crippen LogP contribution is 2.29. The molecule has 0 amide bonds. The average molecular weight is 260 g/mol. The molecule has 0 aliphatic carbocycles. The molecular weight excluding hydrogens is 243 g/mol. The molecule has 5 nitrogen and oxygen atoms in total. The monoisotopic (exact) mass is 260 g/mol. The highest BCUT2D eigenvalue weighted by atomic mass is 32.2. The highest BCUT2D eigenvalue weighted by molar-refractivity contribution is 7.79. The van der Waals surface area contributed by atoms with Crippen molar-refractivity contribution in [3.8, 4) is 11.5 Å². The number of hydrogen-bond acceptors (Lipinski definition) is 4. The van der Waals surface area contributed by atoms with E-state index in [1.165, 1.54) is 0 Å². The topological polar surface area (TPSA) is 81.8 Å². The van der Waals surface area contributed by atoms with Crippen molar-refractivity contribution in [3.05, 3.63) is 23.8 Å². The van der Waals surface area contributed by atoms with Crippen molar-refractivity contribution >= 4 is 11.1 Å². The minimum Gasteiger partial charge on any atom is -0.493 e. The zero-order valence-electron chi connectivity index (χ0n) is 9.88. The number of nitrogens with two attached hydrogens (primary N) is 1. The van der Waals surface area contributed by atoms with Gasteiger partial charge in [0.25, 0.3) is 0 Å². The molecule has 96 valence electrons. The fourth-order valence-electron chi connectivity index (χ4n) is 1.44. The molecule has 0 heterocycles. The first kappa shape index (κ1) is 14.0. The van der Waals surface area contributed by atoms with Crippen LogP contribution in [0.1, 0.15) is 18.5 Å². The van der Waals surface area contributed by atoms with Crippen LogP contribution < -0.4 is 15.2 Å². The molecule has 0 aliphatic rings. The van der Waals surface area contributed by atoms with Gasteiger partial charge in [-0.25, -0.2) is 4.21 Å². The van der Waals surface area contributed by atoms with Crippen molar-refractivity contribution in [1.82, 2.24) is 0 Å². The van der Waals surface area contributed by atoms with Gasteiger partial charge in [0, 0.05) is 6.04 Å². The van der Waals surface area contributed by atoms with Crippen molar-refractivity contribution in [2.45, 2.75) is 13.0 Å². The average Bonchev–Trinajstić information content (AvgIpc) is 2.28. The third kappa shape index (κ3) is 3.99. The van der Waals surface area contributed by atoms with Crippen LogP contribution in [0.5, 0.6) is 11.5 Å². The van der Waals surface area contributed by atoms with Crippen LogP contribution in [0.15, 0.2) is 18.2 Å². The molecule has 0 saturated heterocycles. The molecule has 3 N–H and O–H groups in total. The maximum Gasteiger partial charge on any atom is 0.161 e. The minimum atomic E-state index is -1.91. The lowest BCUT2D eigenvalue weighted by atomic mass is 10.1. The van der Waals surface area contributed by atoms with Crippen molar-refractivity contribution in [1.29, 1.82) is 0 Å². The summed E-state index contributed by atoms with van der Waals surface area (Å²) in [5, 5.41) is 0. The zero-order chi connectivity index (χ0) is 12.8. The molecule has 0 aromatic heterocycles. The molecule has 0 fully saturated rings. The van der Waals surface area contributed by atoms with E-state index >= 15 is 0 Å². The Bertz CT molecular complexity index is 397. The predicted molar refractivity (Wildman–Crippen MR) is 66.7 cm³/mol. The lowest BCUT2D eigenvalue weighted by molar-refractivity contribution is 0.310. The van der Waals surface area contributed by atoms with Gasteiger partial charge in [0.2, 0.25) is 0 Å². The van der Waals surface area contributed by atoms with Gasteiger partial charge in [-0.15, -0.1) is 0 Å². The summed E-state index contributed by atoms with van der Waals surface area (Å²) < 4.78 is 30.0. The Hall–Kier alpha value is -1.11. The fourth-order valence-corrected chi connectivity index (χ4v) is 1.94. The fraction of sp³-hybridized carbons (Fsp3) is 0.455. The Morgan fingerprint density at radius 2 is 2.18 bits per heavy atom. The number of rotatable bonds is 6. The molecular formula is C11H17NO4S. The largest absolute Gasteiger partial charge is 0.493 e. The smallest absolute Gasteiger partial charge is 0.161 e. The number of benzene rings is 1. The molecule has 1 rings (SSSR count). The summed E-state index contributed by atoms with van der Waals surface area (Å²) in [6.45, 7) is 2.38. The summed E-state index contributed by atoms with van der Waals surface area (Å²) in [6, 6.07) is 4.74. The van der Waals surface area contributed by atoms with Gasteiger partial charge in [-0.1, -0.05) is 6.07 Å². The van der Waals surface area contributed by atoms with Gasteiger partial charge in [-0.3, -0.25) is 0 Å². The van der Waals surface area contributed by atoms with Gasteiger partial charge in [0.15, 0.2) is 22.6 Å². The summed E-state index contributed by atoms with van der Waals surface area (Å²) in [5.74, 6) is 1.21. The second-order valence-corrected chi connectivity index (χ2v) is 4.41. The molecule has 1 aromatic rings. The van der Waals surface area contributed by atoms with Gasteiger partial charge in [0.1, 0.15) is 0 Å². The molecule has 0 saturated carbocycles. The van der Waals surface area contributed by atoms with Gasteiger partial charge in [-0.05, 0) is 24.6 Å². The SMILES string of the molecule is CCOc1cc([C@H](N)[13CH2]S(=O)O)ccc1OC. The Morgan fingerprint density at radius 1 is 1.47 bits per heavy atom. The van der Waals surface area contributed by atoms with Crippen LogP contribution in [0.25, 0.3) is 0 Å². The normalized spacial score (nSPS) is 14.1. The highest BCUT2D eigenvalue weighted by Gasteiger charge is 2.12. The molecule has 0 spiro atoms. The quantitative estimate of drug-likeness (QED) is 0.595. The van der Waals surface area contributed by atoms with E-state index in [9.17, 15) is 4.21 Å². The summed E-state index contributed by atoms with van der Waals surface area (Å²) in [5.41, 5.74) is 6.55. The molecule has 2 atom stereocenters. The minimum absolute atomic E-state index is 0.00209. The van der Waals surface area contributed by atoms with Crippen LogP contribution in [-0.2, 0) is 11.1 Å². The predicted octanol–water partition coefficient (Wildman–Crippen LogP) is 1.32. The molecule has 1 aromatic carbocycles. The van der Waals surface area contributed by atoms with E-state index in [0.717, 1.165) is 5.56 Å². The maximum absolute atomic E-state index is 10.7. The Morgan fingerprint density at radius 3 is 2.71 bits per heavy atom. The van der Waals surface area contributed by atoms with Crippen LogP contribution in [0.4, 0.5) is 0 Å². The second-order valence-electron chi connectivity index (χ2n) is 3.44. The van der Waals surface area contributed by atoms with Gasteiger partial charge < -0.3 is 19.8 Å². The molecule has 0 aliphatic heterocycles. The molecule has 17 heavy (non-hydrogen) atoms. The maximum atomic E-state index is 10.7. The first-order chi connectivity index (χ1) is 8.08. The van der Waals surface area contributed by atoms with Crippen LogP contribution in [0.3, 0.4) is 0 Å². The van der Waals surface area contributed by atoms with Gasteiger partial charge in [-0.2, -0.15) is 0 Å². The van der Waals surface area contributed by atoms with E-state index in [1.54, 1.807) is 25.3 Å². The summed E-state index contributed by atoms with van der Waals surface area (Å²) in [6.07, 6.45) is 0. The van der Waals surface area contributed by atoms with Crippen LogP contribution in [0, 0.1) is 0 Å². The number of methoxy groups -OCH3 is 1. The van der Waals surface area contributed by atoms with Gasteiger partial charge in [0.05, 0.1) is 19.5 Å². The third-order valence-electron chi connectivity index (χ3n) is 2.24. The lowest BCUT2D eigenvalue weighted by Gasteiger charge is -2.14. The Labute approximate surface area is 103 Å². The van der Waals surface area contributed by atoms with Crippen molar-refractivity contribution in [2.75, 3.05) is 19.5 Å². The third-order valence-corrected chi connectivity index (χ3v) is 2.88.